The van der Waals surface area contributed by atoms with Crippen molar-refractivity contribution in [1.82, 2.24) is 14.5 Å². The van der Waals surface area contributed by atoms with Crippen LogP contribution in [0.25, 0.3) is 16.6 Å². The highest BCUT2D eigenvalue weighted by molar-refractivity contribution is 5.81. The summed E-state index contributed by atoms with van der Waals surface area (Å²) >= 11 is 0. The first-order valence-electron chi connectivity index (χ1n) is 10.5. The van der Waals surface area contributed by atoms with Gasteiger partial charge in [-0.2, -0.15) is 0 Å². The SMILES string of the molecule is Cc1cccc2nc(C)n(-c3ccc(OCCCN4CCC[C@@H]4C)cc3)c(=O)c12. The van der Waals surface area contributed by atoms with Gasteiger partial charge in [-0.05, 0) is 82.5 Å². The molecule has 1 fully saturated rings. The van der Waals surface area contributed by atoms with E-state index in [1.165, 1.54) is 19.4 Å². The third kappa shape index (κ3) is 4.06. The van der Waals surface area contributed by atoms with Gasteiger partial charge >= 0.3 is 0 Å². The fraction of sp³-hybridized carbons (Fsp3) is 0.417. The fourth-order valence-electron chi connectivity index (χ4n) is 4.28. The first-order valence-corrected chi connectivity index (χ1v) is 10.5. The molecule has 0 spiro atoms. The lowest BCUT2D eigenvalue weighted by Crippen LogP contribution is -2.28. The van der Waals surface area contributed by atoms with Gasteiger partial charge in [0.1, 0.15) is 11.6 Å². The van der Waals surface area contributed by atoms with Crippen molar-refractivity contribution in [3.8, 4) is 11.4 Å². The number of hydrogen-bond donors (Lipinski definition) is 0. The maximum absolute atomic E-state index is 13.1. The number of likely N-dealkylation sites (tertiary alicyclic amines) is 1. The number of benzene rings is 2. The maximum Gasteiger partial charge on any atom is 0.266 e. The summed E-state index contributed by atoms with van der Waals surface area (Å²) in [5, 5.41) is 0.676. The van der Waals surface area contributed by atoms with Gasteiger partial charge in [0.05, 0.1) is 23.2 Å². The lowest BCUT2D eigenvalue weighted by atomic mass is 10.1. The van der Waals surface area contributed by atoms with Crippen LogP contribution in [0.4, 0.5) is 0 Å². The predicted molar refractivity (Wildman–Crippen MR) is 117 cm³/mol. The van der Waals surface area contributed by atoms with Crippen LogP contribution in [0.1, 0.15) is 37.6 Å². The number of fused-ring (bicyclic) bond motifs is 1. The van der Waals surface area contributed by atoms with E-state index in [9.17, 15) is 4.79 Å². The van der Waals surface area contributed by atoms with Crippen LogP contribution in [-0.4, -0.2) is 40.2 Å². The summed E-state index contributed by atoms with van der Waals surface area (Å²) in [6, 6.07) is 14.2. The molecule has 152 valence electrons. The molecule has 5 heteroatoms. The molecule has 29 heavy (non-hydrogen) atoms. The Morgan fingerprint density at radius 3 is 2.66 bits per heavy atom. The molecule has 3 aromatic rings. The molecule has 0 unspecified atom stereocenters. The Kier molecular flexibility index (Phi) is 5.67. The number of nitrogens with zero attached hydrogens (tertiary/aromatic N) is 3. The van der Waals surface area contributed by atoms with Crippen LogP contribution in [0.3, 0.4) is 0 Å². The zero-order valence-electron chi connectivity index (χ0n) is 17.5. The van der Waals surface area contributed by atoms with Crippen LogP contribution in [0, 0.1) is 13.8 Å². The smallest absolute Gasteiger partial charge is 0.266 e. The van der Waals surface area contributed by atoms with Crippen molar-refractivity contribution in [2.24, 2.45) is 0 Å². The summed E-state index contributed by atoms with van der Waals surface area (Å²) in [5.74, 6) is 1.51. The summed E-state index contributed by atoms with van der Waals surface area (Å²) in [5.41, 5.74) is 2.47. The van der Waals surface area contributed by atoms with Gasteiger partial charge in [-0.15, -0.1) is 0 Å². The van der Waals surface area contributed by atoms with Gasteiger partial charge in [0.15, 0.2) is 0 Å². The molecule has 1 atom stereocenters. The highest BCUT2D eigenvalue weighted by Gasteiger charge is 2.19. The molecular weight excluding hydrogens is 362 g/mol. The van der Waals surface area contributed by atoms with Crippen molar-refractivity contribution in [2.75, 3.05) is 19.7 Å². The lowest BCUT2D eigenvalue weighted by molar-refractivity contribution is 0.230. The zero-order valence-corrected chi connectivity index (χ0v) is 17.5. The molecule has 0 N–H and O–H groups in total. The van der Waals surface area contributed by atoms with Crippen molar-refractivity contribution in [3.63, 3.8) is 0 Å². The van der Waals surface area contributed by atoms with E-state index in [0.717, 1.165) is 35.5 Å². The minimum absolute atomic E-state index is 0.0287. The average Bonchev–Trinajstić information content (AvgIpc) is 3.11. The van der Waals surface area contributed by atoms with E-state index in [0.29, 0.717) is 23.9 Å². The molecule has 2 heterocycles. The van der Waals surface area contributed by atoms with E-state index in [4.69, 9.17) is 4.74 Å². The summed E-state index contributed by atoms with van der Waals surface area (Å²) in [4.78, 5) is 20.3. The van der Waals surface area contributed by atoms with Crippen LogP contribution in [0.2, 0.25) is 0 Å². The second-order valence-electron chi connectivity index (χ2n) is 7.99. The fourth-order valence-corrected chi connectivity index (χ4v) is 4.28. The maximum atomic E-state index is 13.1. The van der Waals surface area contributed by atoms with Crippen molar-refractivity contribution in [2.45, 2.75) is 46.1 Å². The van der Waals surface area contributed by atoms with E-state index >= 15 is 0 Å². The zero-order chi connectivity index (χ0) is 20.4. The van der Waals surface area contributed by atoms with Crippen LogP contribution in [0.5, 0.6) is 5.75 Å². The molecule has 0 saturated carbocycles. The minimum Gasteiger partial charge on any atom is -0.494 e. The highest BCUT2D eigenvalue weighted by atomic mass is 16.5. The molecule has 0 aliphatic carbocycles. The molecule has 1 aromatic heterocycles. The summed E-state index contributed by atoms with van der Waals surface area (Å²) in [6.07, 6.45) is 3.65. The highest BCUT2D eigenvalue weighted by Crippen LogP contribution is 2.19. The molecule has 1 aliphatic heterocycles. The Hall–Kier alpha value is -2.66. The number of aromatic nitrogens is 2. The van der Waals surface area contributed by atoms with E-state index < -0.39 is 0 Å². The monoisotopic (exact) mass is 391 g/mol. The lowest BCUT2D eigenvalue weighted by Gasteiger charge is -2.20. The first kappa shape index (κ1) is 19.6. The quantitative estimate of drug-likeness (QED) is 0.589. The van der Waals surface area contributed by atoms with Crippen LogP contribution in [-0.2, 0) is 0 Å². The van der Waals surface area contributed by atoms with Crippen molar-refractivity contribution in [3.05, 3.63) is 64.2 Å². The van der Waals surface area contributed by atoms with Gasteiger partial charge in [0, 0.05) is 12.6 Å². The molecule has 1 aliphatic rings. The number of aryl methyl sites for hydroxylation is 2. The summed E-state index contributed by atoms with van der Waals surface area (Å²) in [7, 11) is 0. The number of hydrogen-bond acceptors (Lipinski definition) is 4. The Labute approximate surface area is 171 Å². The van der Waals surface area contributed by atoms with Crippen molar-refractivity contribution < 1.29 is 4.74 Å². The standard InChI is InChI=1S/C24H29N3O2/c1-17-7-4-9-22-23(17)24(28)27(19(3)25-22)20-10-12-21(13-11-20)29-16-6-15-26-14-5-8-18(26)2/h4,7,9-13,18H,5-6,8,14-16H2,1-3H3/t18-/m0/s1. The van der Waals surface area contributed by atoms with E-state index in [-0.39, 0.29) is 5.56 Å². The number of ether oxygens (including phenoxy) is 1. The second kappa shape index (κ2) is 8.37. The predicted octanol–water partition coefficient (Wildman–Crippen LogP) is 4.26. The Bertz CT molecular complexity index is 1060. The molecule has 0 radical (unpaired) electrons. The molecule has 1 saturated heterocycles. The number of rotatable bonds is 6. The Morgan fingerprint density at radius 1 is 1.14 bits per heavy atom. The van der Waals surface area contributed by atoms with Crippen LogP contribution < -0.4 is 10.3 Å². The minimum atomic E-state index is -0.0287. The van der Waals surface area contributed by atoms with Gasteiger partial charge in [-0.3, -0.25) is 9.36 Å². The molecule has 2 aromatic carbocycles. The molecule has 0 amide bonds. The largest absolute Gasteiger partial charge is 0.494 e. The topological polar surface area (TPSA) is 47.4 Å². The Morgan fingerprint density at radius 2 is 1.93 bits per heavy atom. The van der Waals surface area contributed by atoms with Crippen molar-refractivity contribution in [1.29, 1.82) is 0 Å². The van der Waals surface area contributed by atoms with Gasteiger partial charge in [0.2, 0.25) is 0 Å². The van der Waals surface area contributed by atoms with E-state index in [1.54, 1.807) is 4.57 Å². The van der Waals surface area contributed by atoms with Gasteiger partial charge in [-0.25, -0.2) is 4.98 Å². The molecule has 5 nitrogen and oxygen atoms in total. The van der Waals surface area contributed by atoms with E-state index in [2.05, 4.69) is 16.8 Å². The summed E-state index contributed by atoms with van der Waals surface area (Å²) < 4.78 is 7.59. The van der Waals surface area contributed by atoms with Crippen molar-refractivity contribution >= 4 is 10.9 Å². The van der Waals surface area contributed by atoms with Crippen LogP contribution in [0.15, 0.2) is 47.3 Å². The first-order chi connectivity index (χ1) is 14.0. The average molecular weight is 392 g/mol. The van der Waals surface area contributed by atoms with E-state index in [1.807, 2.05) is 56.3 Å². The molecular formula is C24H29N3O2. The summed E-state index contributed by atoms with van der Waals surface area (Å²) in [6.45, 7) is 9.13. The van der Waals surface area contributed by atoms with Crippen LogP contribution >= 0.6 is 0 Å². The van der Waals surface area contributed by atoms with Gasteiger partial charge in [-0.1, -0.05) is 12.1 Å². The van der Waals surface area contributed by atoms with Gasteiger partial charge < -0.3 is 9.64 Å². The normalized spacial score (nSPS) is 17.1. The molecule has 4 rings (SSSR count). The van der Waals surface area contributed by atoms with Gasteiger partial charge in [0.25, 0.3) is 5.56 Å². The second-order valence-corrected chi connectivity index (χ2v) is 7.99. The third-order valence-electron chi connectivity index (χ3n) is 5.92. The molecule has 0 bridgehead atoms. The Balaban J connectivity index is 1.47. The third-order valence-corrected chi connectivity index (χ3v) is 5.92.